The fourth-order valence-corrected chi connectivity index (χ4v) is 2.27. The summed E-state index contributed by atoms with van der Waals surface area (Å²) >= 11 is 0. The van der Waals surface area contributed by atoms with Gasteiger partial charge in [-0.25, -0.2) is 0 Å². The molecule has 0 atom stereocenters. The van der Waals surface area contributed by atoms with E-state index in [4.69, 9.17) is 4.74 Å². The highest BCUT2D eigenvalue weighted by molar-refractivity contribution is 5.95. The van der Waals surface area contributed by atoms with E-state index in [-0.39, 0.29) is 18.1 Å². The zero-order chi connectivity index (χ0) is 20.8. The van der Waals surface area contributed by atoms with E-state index in [1.54, 1.807) is 24.3 Å². The quantitative estimate of drug-likeness (QED) is 0.455. The van der Waals surface area contributed by atoms with Crippen molar-refractivity contribution in [1.29, 1.82) is 0 Å². The summed E-state index contributed by atoms with van der Waals surface area (Å²) in [5.74, 6) is -0.264. The van der Waals surface area contributed by atoms with Gasteiger partial charge < -0.3 is 4.74 Å². The maximum atomic E-state index is 12.0. The van der Waals surface area contributed by atoms with Crippen LogP contribution in [0.25, 0.3) is 11.4 Å². The number of rotatable bonds is 6. The number of non-ortho nitro benzene ring substituents is 1. The van der Waals surface area contributed by atoms with Gasteiger partial charge in [0.25, 0.3) is 17.5 Å². The first-order chi connectivity index (χ1) is 14.0. The van der Waals surface area contributed by atoms with Gasteiger partial charge in [0.15, 0.2) is 0 Å². The van der Waals surface area contributed by atoms with Gasteiger partial charge in [-0.3, -0.25) is 30.6 Å². The van der Waals surface area contributed by atoms with Crippen molar-refractivity contribution in [3.8, 4) is 17.1 Å². The number of carbonyl (C=O) groups is 2. The molecule has 0 fully saturated rings. The number of hydrogen-bond donors (Lipinski definition) is 2. The Kier molecular flexibility index (Phi) is 5.73. The maximum Gasteiger partial charge on any atom is 0.269 e. The van der Waals surface area contributed by atoms with Gasteiger partial charge in [-0.1, -0.05) is 0 Å². The predicted molar refractivity (Wildman–Crippen MR) is 98.5 cm³/mol. The van der Waals surface area contributed by atoms with Crippen LogP contribution >= 0.6 is 0 Å². The molecule has 0 aliphatic rings. The lowest BCUT2D eigenvalue weighted by atomic mass is 10.2. The lowest BCUT2D eigenvalue weighted by Crippen LogP contribution is -2.43. The van der Waals surface area contributed by atoms with Crippen molar-refractivity contribution in [2.75, 3.05) is 7.11 Å². The number of nitrogens with one attached hydrogen (secondary N) is 2. The summed E-state index contributed by atoms with van der Waals surface area (Å²) in [5, 5.41) is 22.3. The minimum atomic E-state index is -0.570. The van der Waals surface area contributed by atoms with Gasteiger partial charge in [0.2, 0.25) is 5.82 Å². The molecule has 0 aliphatic carbocycles. The zero-order valence-corrected chi connectivity index (χ0v) is 15.1. The molecule has 0 saturated heterocycles. The fourth-order valence-electron chi connectivity index (χ4n) is 2.27. The molecule has 0 radical (unpaired) electrons. The summed E-state index contributed by atoms with van der Waals surface area (Å²) in [6.07, 6.45) is 0. The summed E-state index contributed by atoms with van der Waals surface area (Å²) in [4.78, 5) is 35.2. The molecule has 148 valence electrons. The number of ether oxygens (including phenoxy) is 1. The number of nitrogens with zero attached hydrogens (tertiary/aromatic N) is 5. The Balaban J connectivity index is 1.54. The van der Waals surface area contributed by atoms with E-state index in [1.807, 2.05) is 0 Å². The van der Waals surface area contributed by atoms with Gasteiger partial charge in [0.05, 0.1) is 12.0 Å². The average Bonchev–Trinajstić information content (AvgIpc) is 3.20. The van der Waals surface area contributed by atoms with Crippen molar-refractivity contribution in [1.82, 2.24) is 31.1 Å². The monoisotopic (exact) mass is 397 g/mol. The van der Waals surface area contributed by atoms with Crippen LogP contribution in [0, 0.1) is 10.1 Å². The summed E-state index contributed by atoms with van der Waals surface area (Å²) in [6.45, 7) is -0.289. The highest BCUT2D eigenvalue weighted by Crippen LogP contribution is 2.18. The Morgan fingerprint density at radius 1 is 1.10 bits per heavy atom. The van der Waals surface area contributed by atoms with Crippen LogP contribution in [0.5, 0.6) is 5.75 Å². The molecule has 3 aromatic rings. The highest BCUT2D eigenvalue weighted by Gasteiger charge is 2.12. The number of benzene rings is 2. The highest BCUT2D eigenvalue weighted by atomic mass is 16.6. The van der Waals surface area contributed by atoms with Crippen molar-refractivity contribution in [2.45, 2.75) is 6.54 Å². The largest absolute Gasteiger partial charge is 0.497 e. The second-order valence-electron chi connectivity index (χ2n) is 5.68. The first-order valence-electron chi connectivity index (χ1n) is 8.22. The number of methoxy groups -OCH3 is 1. The van der Waals surface area contributed by atoms with Gasteiger partial charge in [-0.05, 0) is 41.6 Å². The van der Waals surface area contributed by atoms with Crippen molar-refractivity contribution in [3.63, 3.8) is 0 Å². The van der Waals surface area contributed by atoms with Gasteiger partial charge in [-0.2, -0.15) is 4.80 Å². The molecule has 0 bridgehead atoms. The van der Waals surface area contributed by atoms with Crippen LogP contribution in [0.3, 0.4) is 0 Å². The molecule has 12 nitrogen and oxygen atoms in total. The van der Waals surface area contributed by atoms with Crippen molar-refractivity contribution < 1.29 is 19.2 Å². The van der Waals surface area contributed by atoms with E-state index >= 15 is 0 Å². The third kappa shape index (κ3) is 4.88. The number of aromatic nitrogens is 4. The molecular weight excluding hydrogens is 382 g/mol. The Hall–Kier alpha value is -4.35. The number of hydrogen-bond acceptors (Lipinski definition) is 8. The number of amides is 2. The molecular formula is C17H15N7O5. The summed E-state index contributed by atoms with van der Waals surface area (Å²) in [5.41, 5.74) is 5.32. The third-order valence-electron chi connectivity index (χ3n) is 3.74. The topological polar surface area (TPSA) is 154 Å². The van der Waals surface area contributed by atoms with Crippen LogP contribution in [0.4, 0.5) is 5.69 Å². The van der Waals surface area contributed by atoms with Crippen LogP contribution < -0.4 is 15.6 Å². The number of nitro benzene ring substituents is 1. The summed E-state index contributed by atoms with van der Waals surface area (Å²) in [7, 11) is 1.51. The number of hydrazine groups is 1. The smallest absolute Gasteiger partial charge is 0.269 e. The Morgan fingerprint density at radius 2 is 1.79 bits per heavy atom. The first kappa shape index (κ1) is 19.4. The molecule has 0 saturated carbocycles. The lowest BCUT2D eigenvalue weighted by molar-refractivity contribution is -0.384. The molecule has 0 unspecified atom stereocenters. The Morgan fingerprint density at radius 3 is 2.41 bits per heavy atom. The molecule has 1 aromatic heterocycles. The van der Waals surface area contributed by atoms with Crippen LogP contribution in [0.2, 0.25) is 0 Å². The van der Waals surface area contributed by atoms with Crippen molar-refractivity contribution in [3.05, 3.63) is 64.2 Å². The van der Waals surface area contributed by atoms with Crippen LogP contribution in [-0.4, -0.2) is 44.1 Å². The molecule has 2 aromatic carbocycles. The molecule has 3 rings (SSSR count). The minimum absolute atomic E-state index is 0.0619. The van der Waals surface area contributed by atoms with E-state index in [1.165, 1.54) is 31.4 Å². The van der Waals surface area contributed by atoms with Crippen molar-refractivity contribution >= 4 is 17.5 Å². The lowest BCUT2D eigenvalue weighted by Gasteiger charge is -2.07. The second-order valence-corrected chi connectivity index (χ2v) is 5.68. The van der Waals surface area contributed by atoms with Gasteiger partial charge >= 0.3 is 0 Å². The van der Waals surface area contributed by atoms with Crippen LogP contribution in [-0.2, 0) is 11.3 Å². The van der Waals surface area contributed by atoms with Gasteiger partial charge in [-0.15, -0.1) is 10.2 Å². The van der Waals surface area contributed by atoms with E-state index in [0.29, 0.717) is 16.9 Å². The molecule has 29 heavy (non-hydrogen) atoms. The molecule has 0 aliphatic heterocycles. The standard InChI is InChI=1S/C17H15N7O5/c1-29-14-8-4-12(5-9-14)17(26)20-18-15(25)10-23-21-16(19-22-23)11-2-6-13(7-3-11)24(27)28/h2-9H,10H2,1H3,(H,18,25)(H,20,26). The summed E-state index contributed by atoms with van der Waals surface area (Å²) in [6, 6.07) is 11.9. The molecule has 12 heteroatoms. The van der Waals surface area contributed by atoms with E-state index < -0.39 is 16.7 Å². The van der Waals surface area contributed by atoms with E-state index in [0.717, 1.165) is 4.80 Å². The Labute approximate surface area is 163 Å². The molecule has 2 amide bonds. The van der Waals surface area contributed by atoms with E-state index in [9.17, 15) is 19.7 Å². The zero-order valence-electron chi connectivity index (χ0n) is 15.1. The van der Waals surface area contributed by atoms with Crippen LogP contribution in [0.15, 0.2) is 48.5 Å². The first-order valence-corrected chi connectivity index (χ1v) is 8.22. The number of tetrazole rings is 1. The normalized spacial score (nSPS) is 10.2. The van der Waals surface area contributed by atoms with Crippen molar-refractivity contribution in [2.24, 2.45) is 0 Å². The summed E-state index contributed by atoms with van der Waals surface area (Å²) < 4.78 is 5.01. The third-order valence-corrected chi connectivity index (χ3v) is 3.74. The second kappa shape index (κ2) is 8.56. The maximum absolute atomic E-state index is 12.0. The molecule has 2 N–H and O–H groups in total. The fraction of sp³-hybridized carbons (Fsp3) is 0.118. The minimum Gasteiger partial charge on any atom is -0.497 e. The van der Waals surface area contributed by atoms with Gasteiger partial charge in [0, 0.05) is 23.3 Å². The number of nitro groups is 1. The average molecular weight is 397 g/mol. The van der Waals surface area contributed by atoms with Gasteiger partial charge in [0.1, 0.15) is 12.3 Å². The molecule has 1 heterocycles. The SMILES string of the molecule is COc1ccc(C(=O)NNC(=O)Cn2nnc(-c3ccc([N+](=O)[O-])cc3)n2)cc1. The molecule has 0 spiro atoms. The predicted octanol–water partition coefficient (Wildman–Crippen LogP) is 0.718. The Bertz CT molecular complexity index is 1030. The van der Waals surface area contributed by atoms with E-state index in [2.05, 4.69) is 26.3 Å². The number of carbonyl (C=O) groups excluding carboxylic acids is 2. The van der Waals surface area contributed by atoms with Crippen LogP contribution in [0.1, 0.15) is 10.4 Å².